The maximum absolute atomic E-state index is 5.46. The van der Waals surface area contributed by atoms with E-state index in [0.29, 0.717) is 12.0 Å². The van der Waals surface area contributed by atoms with Gasteiger partial charge in [-0.2, -0.15) is 0 Å². The van der Waals surface area contributed by atoms with Crippen LogP contribution in [0.4, 0.5) is 5.69 Å². The van der Waals surface area contributed by atoms with E-state index in [9.17, 15) is 0 Å². The van der Waals surface area contributed by atoms with Crippen molar-refractivity contribution in [1.29, 1.82) is 0 Å². The molecule has 0 fully saturated rings. The van der Waals surface area contributed by atoms with E-state index in [1.54, 1.807) is 0 Å². The van der Waals surface area contributed by atoms with E-state index >= 15 is 0 Å². The number of aromatic nitrogens is 3. The summed E-state index contributed by atoms with van der Waals surface area (Å²) in [4.78, 5) is 8.03. The molecule has 0 amide bonds. The lowest BCUT2D eigenvalue weighted by Gasteiger charge is -2.27. The number of imidazole rings is 1. The molecule has 7 aromatic carbocycles. The van der Waals surface area contributed by atoms with Crippen molar-refractivity contribution in [2.24, 2.45) is 0 Å². The largest absolute Gasteiger partial charge is 0.364 e. The van der Waals surface area contributed by atoms with Gasteiger partial charge >= 0.3 is 0 Å². The number of fused-ring (bicyclic) bond motifs is 12. The molecule has 0 spiro atoms. The number of benzene rings is 7. The third-order valence-corrected chi connectivity index (χ3v) is 11.2. The van der Waals surface area contributed by atoms with Crippen LogP contribution in [-0.2, 0) is 0 Å². The average Bonchev–Trinajstić information content (AvgIpc) is 3.86. The summed E-state index contributed by atoms with van der Waals surface area (Å²) in [7, 11) is 0. The fraction of sp³-hybridized carbons (Fsp3) is 0.0851. The van der Waals surface area contributed by atoms with Gasteiger partial charge in [-0.1, -0.05) is 127 Å². The van der Waals surface area contributed by atoms with Crippen LogP contribution in [0, 0.1) is 0 Å². The number of allylic oxidation sites excluding steroid dienone is 2. The van der Waals surface area contributed by atoms with Gasteiger partial charge in [0.05, 0.1) is 28.1 Å². The lowest BCUT2D eigenvalue weighted by Crippen LogP contribution is -2.32. The second kappa shape index (κ2) is 10.8. The maximum atomic E-state index is 5.46. The minimum atomic E-state index is 0.348. The lowest BCUT2D eigenvalue weighted by atomic mass is 9.91. The second-order valence-electron chi connectivity index (χ2n) is 13.8. The Kier molecular flexibility index (Phi) is 6.03. The van der Waals surface area contributed by atoms with E-state index in [1.807, 2.05) is 0 Å². The highest BCUT2D eigenvalue weighted by Gasteiger charge is 2.36. The van der Waals surface area contributed by atoms with Crippen molar-refractivity contribution in [1.82, 2.24) is 14.1 Å². The van der Waals surface area contributed by atoms with Crippen LogP contribution in [-0.4, -0.2) is 26.7 Å². The highest BCUT2D eigenvalue weighted by molar-refractivity contribution is 6.24. The van der Waals surface area contributed by atoms with Crippen LogP contribution < -0.4 is 4.90 Å². The SMILES string of the molecule is CCN1c2cc3c4ccccc4n(-c4cccc(-n5c(-c6ccccc6)nc6c7ccccc7c7ccccc7c65)c4)c3cc2C2C=CC=CC21. The van der Waals surface area contributed by atoms with Crippen LogP contribution in [0.15, 0.2) is 164 Å². The normalized spacial score (nSPS) is 16.6. The summed E-state index contributed by atoms with van der Waals surface area (Å²) in [5.74, 6) is 1.29. The zero-order chi connectivity index (χ0) is 33.6. The van der Waals surface area contributed by atoms with Crippen molar-refractivity contribution in [2.75, 3.05) is 11.4 Å². The Morgan fingerprint density at radius 2 is 1.22 bits per heavy atom. The summed E-state index contributed by atoms with van der Waals surface area (Å²) >= 11 is 0. The number of nitrogens with zero attached hydrogens (tertiary/aromatic N) is 4. The van der Waals surface area contributed by atoms with Gasteiger partial charge in [-0.3, -0.25) is 4.57 Å². The third kappa shape index (κ3) is 3.99. The van der Waals surface area contributed by atoms with Crippen LogP contribution in [0.5, 0.6) is 0 Å². The number of hydrogen-bond acceptors (Lipinski definition) is 2. The predicted molar refractivity (Wildman–Crippen MR) is 214 cm³/mol. The van der Waals surface area contributed by atoms with E-state index in [2.05, 4.69) is 185 Å². The van der Waals surface area contributed by atoms with Gasteiger partial charge in [-0.05, 0) is 59.7 Å². The van der Waals surface area contributed by atoms with Gasteiger partial charge in [0.25, 0.3) is 0 Å². The molecule has 51 heavy (non-hydrogen) atoms. The zero-order valence-corrected chi connectivity index (χ0v) is 28.2. The van der Waals surface area contributed by atoms with Gasteiger partial charge < -0.3 is 9.47 Å². The summed E-state index contributed by atoms with van der Waals surface area (Å²) in [5, 5.41) is 7.39. The molecule has 0 N–H and O–H groups in total. The Morgan fingerprint density at radius 1 is 0.549 bits per heavy atom. The second-order valence-corrected chi connectivity index (χ2v) is 13.8. The Labute approximate surface area is 295 Å². The molecule has 0 saturated carbocycles. The summed E-state index contributed by atoms with van der Waals surface area (Å²) in [6.45, 7) is 3.25. The molecule has 9 aromatic rings. The number of anilines is 1. The Bertz CT molecular complexity index is 2920. The minimum Gasteiger partial charge on any atom is -0.364 e. The molecule has 2 aliphatic rings. The molecule has 2 atom stereocenters. The highest BCUT2D eigenvalue weighted by Crippen LogP contribution is 2.47. The molecule has 2 unspecified atom stereocenters. The molecule has 11 rings (SSSR count). The first-order chi connectivity index (χ1) is 25.3. The van der Waals surface area contributed by atoms with Crippen molar-refractivity contribution >= 4 is 60.1 Å². The van der Waals surface area contributed by atoms with E-state index < -0.39 is 0 Å². The van der Waals surface area contributed by atoms with Gasteiger partial charge in [0.1, 0.15) is 5.82 Å². The van der Waals surface area contributed by atoms with E-state index in [1.165, 1.54) is 54.6 Å². The van der Waals surface area contributed by atoms with Crippen molar-refractivity contribution in [2.45, 2.75) is 18.9 Å². The van der Waals surface area contributed by atoms with Gasteiger partial charge in [0, 0.05) is 56.6 Å². The molecule has 1 aliphatic carbocycles. The molecule has 4 heteroatoms. The first-order valence-electron chi connectivity index (χ1n) is 18.0. The van der Waals surface area contributed by atoms with Gasteiger partial charge in [0.2, 0.25) is 0 Å². The first-order valence-corrected chi connectivity index (χ1v) is 18.0. The molecule has 242 valence electrons. The van der Waals surface area contributed by atoms with Crippen molar-refractivity contribution in [3.63, 3.8) is 0 Å². The topological polar surface area (TPSA) is 26.0 Å². The average molecular weight is 655 g/mol. The number of para-hydroxylation sites is 1. The van der Waals surface area contributed by atoms with Crippen LogP contribution in [0.3, 0.4) is 0 Å². The number of likely N-dealkylation sites (N-methyl/N-ethyl adjacent to an activating group) is 1. The molecule has 0 saturated heterocycles. The fourth-order valence-corrected chi connectivity index (χ4v) is 9.05. The summed E-state index contributed by atoms with van der Waals surface area (Å²) in [5.41, 5.74) is 10.6. The summed E-state index contributed by atoms with van der Waals surface area (Å²) in [6, 6.07) is 51.2. The van der Waals surface area contributed by atoms with Crippen LogP contribution in [0.2, 0.25) is 0 Å². The van der Waals surface area contributed by atoms with E-state index in [4.69, 9.17) is 4.98 Å². The van der Waals surface area contributed by atoms with Crippen molar-refractivity contribution in [3.05, 3.63) is 169 Å². The number of hydrogen-bond donors (Lipinski definition) is 0. The standard InChI is InChI=1S/C47H34N4/c1-2-49-41-25-12-10-21-35(41)39-29-44-40(28-43(39)49)36-22-11-13-26-42(36)50(44)31-17-14-18-32(27-31)51-46-38-24-9-7-20-34(38)33-19-6-8-23-37(33)45(46)48-47(51)30-15-4-3-5-16-30/h3-29,35,41H,2H2,1H3. The van der Waals surface area contributed by atoms with Crippen molar-refractivity contribution < 1.29 is 0 Å². The Balaban J connectivity index is 1.21. The minimum absolute atomic E-state index is 0.348. The van der Waals surface area contributed by atoms with Crippen LogP contribution >= 0.6 is 0 Å². The summed E-state index contributed by atoms with van der Waals surface area (Å²) < 4.78 is 4.85. The lowest BCUT2D eigenvalue weighted by molar-refractivity contribution is 0.688. The van der Waals surface area contributed by atoms with E-state index in [-0.39, 0.29) is 0 Å². The molecule has 0 bridgehead atoms. The molecular weight excluding hydrogens is 621 g/mol. The van der Waals surface area contributed by atoms with Gasteiger partial charge in [-0.15, -0.1) is 0 Å². The Hall–Kier alpha value is -6.39. The molecule has 3 heterocycles. The van der Waals surface area contributed by atoms with E-state index in [0.717, 1.165) is 40.3 Å². The van der Waals surface area contributed by atoms with Gasteiger partial charge in [-0.25, -0.2) is 4.98 Å². The molecule has 0 radical (unpaired) electrons. The smallest absolute Gasteiger partial charge is 0.145 e. The fourth-order valence-electron chi connectivity index (χ4n) is 9.05. The molecule has 2 aromatic heterocycles. The maximum Gasteiger partial charge on any atom is 0.145 e. The predicted octanol–water partition coefficient (Wildman–Crippen LogP) is 11.5. The Morgan fingerprint density at radius 3 is 2.02 bits per heavy atom. The van der Waals surface area contributed by atoms with Crippen molar-refractivity contribution in [3.8, 4) is 22.8 Å². The molecular formula is C47H34N4. The van der Waals surface area contributed by atoms with Crippen LogP contribution in [0.1, 0.15) is 18.4 Å². The third-order valence-electron chi connectivity index (χ3n) is 11.2. The highest BCUT2D eigenvalue weighted by atomic mass is 15.2. The first kappa shape index (κ1) is 28.4. The molecule has 4 nitrogen and oxygen atoms in total. The summed E-state index contributed by atoms with van der Waals surface area (Å²) in [6.07, 6.45) is 9.15. The monoisotopic (exact) mass is 654 g/mol. The van der Waals surface area contributed by atoms with Crippen LogP contribution in [0.25, 0.3) is 77.1 Å². The zero-order valence-electron chi connectivity index (χ0n) is 28.2. The number of rotatable bonds is 4. The quantitative estimate of drug-likeness (QED) is 0.177. The molecule has 1 aliphatic heterocycles. The van der Waals surface area contributed by atoms with Gasteiger partial charge in [0.15, 0.2) is 0 Å².